The number of aromatic nitrogens is 3. The molecule has 0 radical (unpaired) electrons. The lowest BCUT2D eigenvalue weighted by molar-refractivity contribution is -0.137. The summed E-state index contributed by atoms with van der Waals surface area (Å²) in [7, 11) is 0. The molecule has 32 heavy (non-hydrogen) atoms. The van der Waals surface area contributed by atoms with E-state index in [0.29, 0.717) is 12.1 Å². The maximum Gasteiger partial charge on any atom is 0.416 e. The van der Waals surface area contributed by atoms with Gasteiger partial charge in [-0.05, 0) is 56.0 Å². The van der Waals surface area contributed by atoms with E-state index in [1.165, 1.54) is 11.6 Å². The first kappa shape index (κ1) is 20.9. The predicted molar refractivity (Wildman–Crippen MR) is 114 cm³/mol. The third-order valence-corrected chi connectivity index (χ3v) is 6.54. The highest BCUT2D eigenvalue weighted by molar-refractivity contribution is 5.97. The van der Waals surface area contributed by atoms with Crippen LogP contribution in [0.15, 0.2) is 42.5 Å². The van der Waals surface area contributed by atoms with Crippen LogP contribution in [0.2, 0.25) is 0 Å². The number of fused-ring (bicyclic) bond motifs is 2. The largest absolute Gasteiger partial charge is 0.416 e. The third kappa shape index (κ3) is 3.74. The number of alkyl halides is 3. The van der Waals surface area contributed by atoms with Crippen LogP contribution >= 0.6 is 0 Å². The number of benzene rings is 2. The summed E-state index contributed by atoms with van der Waals surface area (Å²) in [6.07, 6.45) is -2.00. The minimum Gasteiger partial charge on any atom is -0.308 e. The third-order valence-electron chi connectivity index (χ3n) is 6.54. The molecule has 2 aliphatic heterocycles. The van der Waals surface area contributed by atoms with Crippen molar-refractivity contribution in [1.29, 1.82) is 0 Å². The second kappa shape index (κ2) is 7.88. The molecule has 2 aliphatic rings. The standard InChI is InChI=1S/C23H24F3N5O/c1-15-12-16-4-2-3-5-20(16)30(15)22(32)14-29-10-8-18(9-11-29)31-21-7-6-17(23(24,25)26)13-19(21)27-28-31/h2-7,13,15,18H,8-12,14H2,1H3/t15-/m0/s1. The summed E-state index contributed by atoms with van der Waals surface area (Å²) in [5.41, 5.74) is 2.35. The van der Waals surface area contributed by atoms with Crippen molar-refractivity contribution < 1.29 is 18.0 Å². The number of nitrogens with zero attached hydrogens (tertiary/aromatic N) is 5. The normalized spacial score (nSPS) is 20.1. The van der Waals surface area contributed by atoms with E-state index in [-0.39, 0.29) is 23.5 Å². The maximum absolute atomic E-state index is 13.0. The van der Waals surface area contributed by atoms with Crippen molar-refractivity contribution in [2.75, 3.05) is 24.5 Å². The van der Waals surface area contributed by atoms with Gasteiger partial charge in [-0.25, -0.2) is 4.68 Å². The van der Waals surface area contributed by atoms with E-state index in [1.54, 1.807) is 4.68 Å². The molecule has 5 rings (SSSR count). The van der Waals surface area contributed by atoms with E-state index in [4.69, 9.17) is 0 Å². The quantitative estimate of drug-likeness (QED) is 0.613. The van der Waals surface area contributed by atoms with Gasteiger partial charge in [-0.15, -0.1) is 5.10 Å². The Labute approximate surface area is 183 Å². The molecule has 1 atom stereocenters. The van der Waals surface area contributed by atoms with Crippen molar-refractivity contribution in [2.45, 2.75) is 44.4 Å². The maximum atomic E-state index is 13.0. The Morgan fingerprint density at radius 3 is 2.62 bits per heavy atom. The number of likely N-dealkylation sites (tertiary alicyclic amines) is 1. The van der Waals surface area contributed by atoms with Gasteiger partial charge >= 0.3 is 6.18 Å². The van der Waals surface area contributed by atoms with Gasteiger partial charge in [0.15, 0.2) is 0 Å². The van der Waals surface area contributed by atoms with Gasteiger partial charge < -0.3 is 4.90 Å². The number of carbonyl (C=O) groups is 1. The van der Waals surface area contributed by atoms with E-state index in [1.807, 2.05) is 23.1 Å². The Bertz CT molecular complexity index is 1150. The van der Waals surface area contributed by atoms with Gasteiger partial charge in [0.25, 0.3) is 0 Å². The lowest BCUT2D eigenvalue weighted by Crippen LogP contribution is -2.45. The number of hydrogen-bond acceptors (Lipinski definition) is 4. The predicted octanol–water partition coefficient (Wildman–Crippen LogP) is 4.06. The highest BCUT2D eigenvalue weighted by atomic mass is 19.4. The molecular weight excluding hydrogens is 419 g/mol. The highest BCUT2D eigenvalue weighted by Crippen LogP contribution is 2.34. The SMILES string of the molecule is C[C@H]1Cc2ccccc2N1C(=O)CN1CCC(n2nnc3cc(C(F)(F)F)ccc32)CC1. The van der Waals surface area contributed by atoms with Crippen molar-refractivity contribution in [2.24, 2.45) is 0 Å². The zero-order valence-corrected chi connectivity index (χ0v) is 17.7. The minimum atomic E-state index is -4.40. The van der Waals surface area contributed by atoms with Crippen LogP contribution in [-0.2, 0) is 17.4 Å². The molecule has 3 aromatic rings. The smallest absolute Gasteiger partial charge is 0.308 e. The van der Waals surface area contributed by atoms with Crippen LogP contribution < -0.4 is 4.90 Å². The molecule has 0 N–H and O–H groups in total. The Balaban J connectivity index is 1.24. The summed E-state index contributed by atoms with van der Waals surface area (Å²) < 4.78 is 40.6. The van der Waals surface area contributed by atoms with Crippen LogP contribution in [0, 0.1) is 0 Å². The first-order chi connectivity index (χ1) is 15.3. The Morgan fingerprint density at radius 1 is 1.12 bits per heavy atom. The van der Waals surface area contributed by atoms with E-state index in [9.17, 15) is 18.0 Å². The van der Waals surface area contributed by atoms with E-state index in [0.717, 1.165) is 50.2 Å². The number of anilines is 1. The molecule has 0 saturated carbocycles. The fraction of sp³-hybridized carbons (Fsp3) is 0.435. The molecule has 6 nitrogen and oxygen atoms in total. The van der Waals surface area contributed by atoms with Gasteiger partial charge in [-0.1, -0.05) is 23.4 Å². The molecule has 1 saturated heterocycles. The van der Waals surface area contributed by atoms with Crippen LogP contribution in [-0.4, -0.2) is 51.5 Å². The number of halogens is 3. The summed E-state index contributed by atoms with van der Waals surface area (Å²) in [5.74, 6) is 0.104. The zero-order valence-electron chi connectivity index (χ0n) is 17.7. The first-order valence-corrected chi connectivity index (χ1v) is 10.9. The molecule has 0 unspecified atom stereocenters. The number of para-hydroxylation sites is 1. The summed E-state index contributed by atoms with van der Waals surface area (Å²) in [6, 6.07) is 11.8. The van der Waals surface area contributed by atoms with Crippen molar-refractivity contribution >= 4 is 22.6 Å². The number of carbonyl (C=O) groups excluding carboxylic acids is 1. The number of rotatable bonds is 3. The molecule has 3 heterocycles. The molecule has 1 aromatic heterocycles. The number of hydrogen-bond donors (Lipinski definition) is 0. The molecular formula is C23H24F3N5O. The Kier molecular flexibility index (Phi) is 5.16. The fourth-order valence-corrected chi connectivity index (χ4v) is 4.92. The second-order valence-electron chi connectivity index (χ2n) is 8.69. The number of amides is 1. The fourth-order valence-electron chi connectivity index (χ4n) is 4.92. The molecule has 0 bridgehead atoms. The summed E-state index contributed by atoms with van der Waals surface area (Å²) in [4.78, 5) is 17.1. The van der Waals surface area contributed by atoms with Gasteiger partial charge in [0.2, 0.25) is 5.91 Å². The minimum absolute atomic E-state index is 0.0505. The summed E-state index contributed by atoms with van der Waals surface area (Å²) in [5, 5.41) is 8.09. The van der Waals surface area contributed by atoms with Crippen LogP contribution in [0.5, 0.6) is 0 Å². The molecule has 1 fully saturated rings. The van der Waals surface area contributed by atoms with E-state index >= 15 is 0 Å². The lowest BCUT2D eigenvalue weighted by Gasteiger charge is -2.33. The van der Waals surface area contributed by atoms with Crippen molar-refractivity contribution in [3.63, 3.8) is 0 Å². The lowest BCUT2D eigenvalue weighted by atomic mass is 10.0. The van der Waals surface area contributed by atoms with Gasteiger partial charge in [-0.3, -0.25) is 9.69 Å². The topological polar surface area (TPSA) is 54.3 Å². The van der Waals surface area contributed by atoms with Gasteiger partial charge in [0.1, 0.15) is 5.52 Å². The van der Waals surface area contributed by atoms with Gasteiger partial charge in [-0.2, -0.15) is 13.2 Å². The van der Waals surface area contributed by atoms with Crippen LogP contribution in [0.3, 0.4) is 0 Å². The second-order valence-corrected chi connectivity index (χ2v) is 8.69. The Hall–Kier alpha value is -2.94. The first-order valence-electron chi connectivity index (χ1n) is 10.9. The summed E-state index contributed by atoms with van der Waals surface area (Å²) >= 11 is 0. The van der Waals surface area contributed by atoms with Crippen LogP contribution in [0.25, 0.3) is 11.0 Å². The highest BCUT2D eigenvalue weighted by Gasteiger charge is 2.33. The molecule has 1 amide bonds. The molecule has 0 spiro atoms. The van der Waals surface area contributed by atoms with Crippen LogP contribution in [0.4, 0.5) is 18.9 Å². The molecule has 2 aromatic carbocycles. The monoisotopic (exact) mass is 443 g/mol. The zero-order chi connectivity index (χ0) is 22.5. The average molecular weight is 443 g/mol. The molecule has 0 aliphatic carbocycles. The molecule has 168 valence electrons. The van der Waals surface area contributed by atoms with Crippen LogP contribution in [0.1, 0.15) is 36.9 Å². The molecule has 9 heteroatoms. The van der Waals surface area contributed by atoms with Gasteiger partial charge in [0, 0.05) is 24.8 Å². The van der Waals surface area contributed by atoms with E-state index < -0.39 is 11.7 Å². The average Bonchev–Trinajstić information content (AvgIpc) is 3.33. The van der Waals surface area contributed by atoms with Crippen molar-refractivity contribution in [3.05, 3.63) is 53.6 Å². The van der Waals surface area contributed by atoms with Crippen molar-refractivity contribution in [1.82, 2.24) is 19.9 Å². The van der Waals surface area contributed by atoms with Crippen molar-refractivity contribution in [3.8, 4) is 0 Å². The number of piperidine rings is 1. The summed E-state index contributed by atoms with van der Waals surface area (Å²) in [6.45, 7) is 3.88. The van der Waals surface area contributed by atoms with Gasteiger partial charge in [0.05, 0.1) is 23.7 Å². The Morgan fingerprint density at radius 2 is 1.88 bits per heavy atom. The van der Waals surface area contributed by atoms with E-state index in [2.05, 4.69) is 28.2 Å².